The van der Waals surface area contributed by atoms with Crippen LogP contribution in [-0.4, -0.2) is 32.3 Å². The van der Waals surface area contributed by atoms with Crippen LogP contribution in [0, 0.1) is 0 Å². The summed E-state index contributed by atoms with van der Waals surface area (Å²) in [6.07, 6.45) is 4.36. The highest BCUT2D eigenvalue weighted by Crippen LogP contribution is 2.18. The van der Waals surface area contributed by atoms with Crippen molar-refractivity contribution < 1.29 is 14.4 Å². The molecular formula is C16H26NO2+. The molecular weight excluding hydrogens is 238 g/mol. The third-order valence-corrected chi connectivity index (χ3v) is 3.48. The van der Waals surface area contributed by atoms with Gasteiger partial charge in [0.25, 0.3) is 0 Å². The summed E-state index contributed by atoms with van der Waals surface area (Å²) in [5, 5.41) is 0. The molecule has 0 unspecified atom stereocenters. The fraction of sp³-hybridized carbons (Fsp3) is 0.625. The minimum absolute atomic E-state index is 0.217. The molecule has 1 aromatic rings. The largest absolute Gasteiger partial charge is 0.491 e. The van der Waals surface area contributed by atoms with Crippen LogP contribution in [0.5, 0.6) is 11.5 Å². The molecule has 0 amide bonds. The van der Waals surface area contributed by atoms with Gasteiger partial charge in [-0.05, 0) is 57.4 Å². The molecule has 0 bridgehead atoms. The number of piperidine rings is 1. The maximum Gasteiger partial charge on any atom is 0.137 e. The monoisotopic (exact) mass is 264 g/mol. The van der Waals surface area contributed by atoms with Gasteiger partial charge in [0.1, 0.15) is 24.7 Å². The van der Waals surface area contributed by atoms with E-state index in [0.29, 0.717) is 0 Å². The molecule has 1 heterocycles. The number of nitrogens with one attached hydrogen (secondary N) is 1. The molecule has 1 aliphatic rings. The molecule has 0 saturated carbocycles. The molecule has 1 N–H and O–H groups in total. The Morgan fingerprint density at radius 3 is 2.26 bits per heavy atom. The van der Waals surface area contributed by atoms with E-state index in [-0.39, 0.29) is 6.10 Å². The Bertz CT molecular complexity index is 356. The Morgan fingerprint density at radius 2 is 1.63 bits per heavy atom. The van der Waals surface area contributed by atoms with Crippen LogP contribution in [0.2, 0.25) is 0 Å². The zero-order valence-electron chi connectivity index (χ0n) is 12.2. The number of rotatable bonds is 6. The number of likely N-dealkylation sites (tertiary alicyclic amines) is 1. The van der Waals surface area contributed by atoms with Crippen molar-refractivity contribution in [2.45, 2.75) is 39.2 Å². The van der Waals surface area contributed by atoms with Crippen LogP contribution in [0.4, 0.5) is 0 Å². The van der Waals surface area contributed by atoms with E-state index >= 15 is 0 Å². The highest BCUT2D eigenvalue weighted by atomic mass is 16.5. The molecule has 0 radical (unpaired) electrons. The highest BCUT2D eigenvalue weighted by Gasteiger charge is 2.12. The van der Waals surface area contributed by atoms with Crippen molar-refractivity contribution in [3.8, 4) is 11.5 Å². The van der Waals surface area contributed by atoms with Gasteiger partial charge in [-0.3, -0.25) is 0 Å². The van der Waals surface area contributed by atoms with Crippen LogP contribution >= 0.6 is 0 Å². The van der Waals surface area contributed by atoms with Gasteiger partial charge >= 0.3 is 0 Å². The Labute approximate surface area is 116 Å². The van der Waals surface area contributed by atoms with Crippen molar-refractivity contribution in [2.75, 3.05) is 26.2 Å². The van der Waals surface area contributed by atoms with E-state index in [2.05, 4.69) is 0 Å². The first-order valence-electron chi connectivity index (χ1n) is 7.47. The zero-order chi connectivity index (χ0) is 13.5. The van der Waals surface area contributed by atoms with E-state index in [0.717, 1.165) is 24.7 Å². The van der Waals surface area contributed by atoms with Crippen LogP contribution in [0.15, 0.2) is 24.3 Å². The van der Waals surface area contributed by atoms with Gasteiger partial charge in [-0.25, -0.2) is 0 Å². The van der Waals surface area contributed by atoms with Gasteiger partial charge < -0.3 is 14.4 Å². The van der Waals surface area contributed by atoms with E-state index in [1.807, 2.05) is 38.1 Å². The summed E-state index contributed by atoms with van der Waals surface area (Å²) in [4.78, 5) is 1.69. The molecule has 0 spiro atoms. The number of hydrogen-bond donors (Lipinski definition) is 1. The molecule has 2 rings (SSSR count). The molecule has 0 aromatic heterocycles. The van der Waals surface area contributed by atoms with Crippen LogP contribution < -0.4 is 14.4 Å². The molecule has 1 aromatic carbocycles. The predicted molar refractivity (Wildman–Crippen MR) is 77.1 cm³/mol. The zero-order valence-corrected chi connectivity index (χ0v) is 12.2. The van der Waals surface area contributed by atoms with Crippen LogP contribution in [0.25, 0.3) is 0 Å². The average molecular weight is 264 g/mol. The molecule has 1 fully saturated rings. The van der Waals surface area contributed by atoms with Crippen molar-refractivity contribution >= 4 is 0 Å². The lowest BCUT2D eigenvalue weighted by Gasteiger charge is -2.23. The van der Waals surface area contributed by atoms with E-state index in [4.69, 9.17) is 9.47 Å². The summed E-state index contributed by atoms with van der Waals surface area (Å²) >= 11 is 0. The summed E-state index contributed by atoms with van der Waals surface area (Å²) in [6, 6.07) is 7.93. The maximum atomic E-state index is 5.79. The Balaban J connectivity index is 1.70. The first-order valence-corrected chi connectivity index (χ1v) is 7.47. The SMILES string of the molecule is CC(C)Oc1ccc(OCC[NH+]2CCCCC2)cc1. The lowest BCUT2D eigenvalue weighted by molar-refractivity contribution is -0.904. The van der Waals surface area contributed by atoms with Gasteiger partial charge in [0.05, 0.1) is 19.2 Å². The van der Waals surface area contributed by atoms with Crippen molar-refractivity contribution in [1.82, 2.24) is 0 Å². The van der Waals surface area contributed by atoms with Gasteiger partial charge in [-0.2, -0.15) is 0 Å². The van der Waals surface area contributed by atoms with Crippen molar-refractivity contribution in [1.29, 1.82) is 0 Å². The van der Waals surface area contributed by atoms with Crippen LogP contribution in [0.3, 0.4) is 0 Å². The Hall–Kier alpha value is -1.22. The topological polar surface area (TPSA) is 22.9 Å². The van der Waals surface area contributed by atoms with Crippen molar-refractivity contribution in [3.05, 3.63) is 24.3 Å². The second-order valence-corrected chi connectivity index (χ2v) is 5.55. The smallest absolute Gasteiger partial charge is 0.137 e. The van der Waals surface area contributed by atoms with Gasteiger partial charge in [0.15, 0.2) is 0 Å². The Kier molecular flexibility index (Phi) is 5.52. The number of quaternary nitrogens is 1. The van der Waals surface area contributed by atoms with Gasteiger partial charge in [0, 0.05) is 0 Å². The normalized spacial score (nSPS) is 16.6. The van der Waals surface area contributed by atoms with Gasteiger partial charge in [-0.1, -0.05) is 0 Å². The average Bonchev–Trinajstić information content (AvgIpc) is 2.41. The van der Waals surface area contributed by atoms with E-state index in [1.54, 1.807) is 4.90 Å². The van der Waals surface area contributed by atoms with E-state index < -0.39 is 0 Å². The van der Waals surface area contributed by atoms with Crippen LogP contribution in [-0.2, 0) is 0 Å². The number of benzene rings is 1. The van der Waals surface area contributed by atoms with E-state index in [1.165, 1.54) is 32.4 Å². The summed E-state index contributed by atoms with van der Waals surface area (Å²) in [6.45, 7) is 8.61. The number of ether oxygens (including phenoxy) is 2. The fourth-order valence-electron chi connectivity index (χ4n) is 2.50. The second kappa shape index (κ2) is 7.39. The molecule has 3 heteroatoms. The van der Waals surface area contributed by atoms with Gasteiger partial charge in [0.2, 0.25) is 0 Å². The van der Waals surface area contributed by atoms with Crippen molar-refractivity contribution in [2.24, 2.45) is 0 Å². The maximum absolute atomic E-state index is 5.79. The first kappa shape index (κ1) is 14.2. The lowest BCUT2D eigenvalue weighted by Crippen LogP contribution is -3.13. The minimum atomic E-state index is 0.217. The minimum Gasteiger partial charge on any atom is -0.491 e. The van der Waals surface area contributed by atoms with Crippen molar-refractivity contribution in [3.63, 3.8) is 0 Å². The molecule has 0 atom stereocenters. The highest BCUT2D eigenvalue weighted by molar-refractivity contribution is 5.31. The fourth-order valence-corrected chi connectivity index (χ4v) is 2.50. The predicted octanol–water partition coefficient (Wildman–Crippen LogP) is 1.92. The second-order valence-electron chi connectivity index (χ2n) is 5.55. The van der Waals surface area contributed by atoms with E-state index in [9.17, 15) is 0 Å². The summed E-state index contributed by atoms with van der Waals surface area (Å²) < 4.78 is 11.4. The number of hydrogen-bond acceptors (Lipinski definition) is 2. The first-order chi connectivity index (χ1) is 9.24. The summed E-state index contributed by atoms with van der Waals surface area (Å²) in [7, 11) is 0. The molecule has 0 aliphatic carbocycles. The quantitative estimate of drug-likeness (QED) is 0.848. The summed E-state index contributed by atoms with van der Waals surface area (Å²) in [5.74, 6) is 1.84. The standard InChI is InChI=1S/C16H25NO2/c1-14(2)19-16-8-6-15(7-9-16)18-13-12-17-10-4-3-5-11-17/h6-9,14H,3-5,10-13H2,1-2H3/p+1. The van der Waals surface area contributed by atoms with Crippen LogP contribution in [0.1, 0.15) is 33.1 Å². The third kappa shape index (κ3) is 5.11. The lowest BCUT2D eigenvalue weighted by atomic mass is 10.1. The third-order valence-electron chi connectivity index (χ3n) is 3.48. The molecule has 1 aliphatic heterocycles. The van der Waals surface area contributed by atoms with Gasteiger partial charge in [-0.15, -0.1) is 0 Å². The molecule has 3 nitrogen and oxygen atoms in total. The molecule has 106 valence electrons. The molecule has 19 heavy (non-hydrogen) atoms. The summed E-state index contributed by atoms with van der Waals surface area (Å²) in [5.41, 5.74) is 0. The molecule has 1 saturated heterocycles. The Morgan fingerprint density at radius 1 is 1.00 bits per heavy atom.